The molecule has 5 heteroatoms. The molecule has 1 aliphatic rings. The van der Waals surface area contributed by atoms with Crippen molar-refractivity contribution < 1.29 is 17.9 Å². The second-order valence-electron chi connectivity index (χ2n) is 4.27. The van der Waals surface area contributed by atoms with Gasteiger partial charge in [-0.05, 0) is 42.5 Å². The van der Waals surface area contributed by atoms with Crippen LogP contribution < -0.4 is 5.73 Å². The first kappa shape index (κ1) is 12.2. The molecule has 94 valence electrons. The molecule has 1 aromatic carbocycles. The van der Waals surface area contributed by atoms with Crippen molar-refractivity contribution in [1.82, 2.24) is 0 Å². The molecule has 0 spiro atoms. The minimum Gasteiger partial charge on any atom is -0.399 e. The molecule has 1 aliphatic heterocycles. The zero-order valence-electron chi connectivity index (χ0n) is 9.26. The highest BCUT2D eigenvalue weighted by atomic mass is 19.4. The van der Waals surface area contributed by atoms with Gasteiger partial charge in [-0.25, -0.2) is 0 Å². The lowest BCUT2D eigenvalue weighted by Gasteiger charge is -2.23. The van der Waals surface area contributed by atoms with Crippen LogP contribution in [0.1, 0.15) is 29.9 Å². The van der Waals surface area contributed by atoms with Crippen molar-refractivity contribution in [3.05, 3.63) is 29.3 Å². The van der Waals surface area contributed by atoms with E-state index in [0.29, 0.717) is 18.8 Å². The summed E-state index contributed by atoms with van der Waals surface area (Å²) in [5.41, 5.74) is 5.70. The normalized spacial score (nSPS) is 18.3. The average Bonchev–Trinajstić information content (AvgIpc) is 2.28. The summed E-state index contributed by atoms with van der Waals surface area (Å²) in [5.74, 6) is 0.119. The molecule has 0 atom stereocenters. The Morgan fingerprint density at radius 1 is 1.12 bits per heavy atom. The molecule has 0 bridgehead atoms. The first-order valence-electron chi connectivity index (χ1n) is 5.52. The number of anilines is 1. The third kappa shape index (κ3) is 2.91. The van der Waals surface area contributed by atoms with Crippen LogP contribution in [0.25, 0.3) is 0 Å². The van der Waals surface area contributed by atoms with Crippen LogP contribution in [-0.2, 0) is 10.9 Å². The van der Waals surface area contributed by atoms with Gasteiger partial charge in [-0.15, -0.1) is 0 Å². The maximum atomic E-state index is 12.6. The third-order valence-electron chi connectivity index (χ3n) is 3.00. The second kappa shape index (κ2) is 4.56. The first-order chi connectivity index (χ1) is 7.97. The molecule has 1 aromatic rings. The highest BCUT2D eigenvalue weighted by Crippen LogP contribution is 2.35. The SMILES string of the molecule is Nc1cc(C2CCOCC2)cc(C(F)(F)F)c1. The van der Waals surface area contributed by atoms with Gasteiger partial charge in [0.2, 0.25) is 0 Å². The largest absolute Gasteiger partial charge is 0.416 e. The summed E-state index contributed by atoms with van der Waals surface area (Å²) < 4.78 is 43.1. The summed E-state index contributed by atoms with van der Waals surface area (Å²) in [5, 5.41) is 0. The van der Waals surface area contributed by atoms with E-state index in [-0.39, 0.29) is 11.6 Å². The molecule has 0 aliphatic carbocycles. The van der Waals surface area contributed by atoms with Gasteiger partial charge in [-0.1, -0.05) is 0 Å². The molecule has 0 saturated carbocycles. The number of nitrogen functional groups attached to an aromatic ring is 1. The number of alkyl halides is 3. The predicted molar refractivity (Wildman–Crippen MR) is 58.7 cm³/mol. The van der Waals surface area contributed by atoms with Gasteiger partial charge < -0.3 is 10.5 Å². The minimum absolute atomic E-state index is 0.119. The molecular formula is C12H14F3NO. The fourth-order valence-electron chi connectivity index (χ4n) is 2.11. The third-order valence-corrected chi connectivity index (χ3v) is 3.00. The summed E-state index contributed by atoms with van der Waals surface area (Å²) in [6.07, 6.45) is -2.84. The van der Waals surface area contributed by atoms with E-state index in [0.717, 1.165) is 18.9 Å². The molecule has 1 heterocycles. The number of ether oxygens (including phenoxy) is 1. The molecule has 2 rings (SSSR count). The van der Waals surface area contributed by atoms with Gasteiger partial charge in [0.05, 0.1) is 5.56 Å². The van der Waals surface area contributed by atoms with Crippen LogP contribution in [0.3, 0.4) is 0 Å². The van der Waals surface area contributed by atoms with Gasteiger partial charge in [0.1, 0.15) is 0 Å². The molecule has 1 saturated heterocycles. The van der Waals surface area contributed by atoms with Crippen LogP contribution in [0.4, 0.5) is 18.9 Å². The number of nitrogens with two attached hydrogens (primary N) is 1. The molecule has 17 heavy (non-hydrogen) atoms. The Morgan fingerprint density at radius 3 is 2.35 bits per heavy atom. The Hall–Kier alpha value is -1.23. The molecule has 2 nitrogen and oxygen atoms in total. The fourth-order valence-corrected chi connectivity index (χ4v) is 2.11. The fraction of sp³-hybridized carbons (Fsp3) is 0.500. The van der Waals surface area contributed by atoms with Crippen LogP contribution in [0, 0.1) is 0 Å². The topological polar surface area (TPSA) is 35.2 Å². The van der Waals surface area contributed by atoms with Crippen molar-refractivity contribution in [2.75, 3.05) is 18.9 Å². The molecule has 0 amide bonds. The van der Waals surface area contributed by atoms with Gasteiger partial charge in [-0.2, -0.15) is 13.2 Å². The lowest BCUT2D eigenvalue weighted by Crippen LogP contribution is -2.15. The quantitative estimate of drug-likeness (QED) is 0.771. The lowest BCUT2D eigenvalue weighted by molar-refractivity contribution is -0.137. The number of hydrogen-bond donors (Lipinski definition) is 1. The van der Waals surface area contributed by atoms with Crippen molar-refractivity contribution in [2.45, 2.75) is 24.9 Å². The molecule has 1 fully saturated rings. The summed E-state index contributed by atoms with van der Waals surface area (Å²) in [7, 11) is 0. The molecule has 0 unspecified atom stereocenters. The smallest absolute Gasteiger partial charge is 0.399 e. The van der Waals surface area contributed by atoms with Crippen molar-refractivity contribution in [3.63, 3.8) is 0 Å². The van der Waals surface area contributed by atoms with Crippen molar-refractivity contribution in [3.8, 4) is 0 Å². The highest BCUT2D eigenvalue weighted by Gasteiger charge is 2.31. The van der Waals surface area contributed by atoms with Gasteiger partial charge in [0.25, 0.3) is 0 Å². The van der Waals surface area contributed by atoms with Crippen LogP contribution in [0.15, 0.2) is 18.2 Å². The maximum Gasteiger partial charge on any atom is 0.416 e. The van der Waals surface area contributed by atoms with E-state index in [1.165, 1.54) is 6.07 Å². The van der Waals surface area contributed by atoms with E-state index in [9.17, 15) is 13.2 Å². The molecule has 2 N–H and O–H groups in total. The van der Waals surface area contributed by atoms with Gasteiger partial charge in [0.15, 0.2) is 0 Å². The summed E-state index contributed by atoms with van der Waals surface area (Å²) >= 11 is 0. The van der Waals surface area contributed by atoms with Gasteiger partial charge >= 0.3 is 6.18 Å². The monoisotopic (exact) mass is 245 g/mol. The highest BCUT2D eigenvalue weighted by molar-refractivity contribution is 5.46. The maximum absolute atomic E-state index is 12.6. The van der Waals surface area contributed by atoms with Crippen molar-refractivity contribution >= 4 is 5.69 Å². The zero-order chi connectivity index (χ0) is 12.5. The van der Waals surface area contributed by atoms with Crippen LogP contribution in [0.2, 0.25) is 0 Å². The van der Waals surface area contributed by atoms with E-state index in [2.05, 4.69) is 0 Å². The van der Waals surface area contributed by atoms with Crippen molar-refractivity contribution in [1.29, 1.82) is 0 Å². The Balaban J connectivity index is 2.31. The number of hydrogen-bond acceptors (Lipinski definition) is 2. The standard InChI is InChI=1S/C12H14F3NO/c13-12(14,15)10-5-9(6-11(16)7-10)8-1-3-17-4-2-8/h5-8H,1-4,16H2. The van der Waals surface area contributed by atoms with E-state index < -0.39 is 11.7 Å². The first-order valence-corrected chi connectivity index (χ1v) is 5.52. The Bertz CT molecular complexity index is 397. The van der Waals surface area contributed by atoms with E-state index in [4.69, 9.17) is 10.5 Å². The molecular weight excluding hydrogens is 231 g/mol. The van der Waals surface area contributed by atoms with Crippen LogP contribution in [0.5, 0.6) is 0 Å². The zero-order valence-corrected chi connectivity index (χ0v) is 9.26. The lowest BCUT2D eigenvalue weighted by atomic mass is 9.90. The number of halogens is 3. The van der Waals surface area contributed by atoms with E-state index in [1.54, 1.807) is 6.07 Å². The Kier molecular flexibility index (Phi) is 3.28. The van der Waals surface area contributed by atoms with E-state index >= 15 is 0 Å². The second-order valence-corrected chi connectivity index (χ2v) is 4.27. The van der Waals surface area contributed by atoms with E-state index in [1.807, 2.05) is 0 Å². The molecule has 0 radical (unpaired) electrons. The summed E-state index contributed by atoms with van der Waals surface area (Å²) in [6, 6.07) is 3.81. The minimum atomic E-state index is -4.34. The summed E-state index contributed by atoms with van der Waals surface area (Å²) in [6.45, 7) is 1.20. The molecule has 0 aromatic heterocycles. The summed E-state index contributed by atoms with van der Waals surface area (Å²) in [4.78, 5) is 0. The number of benzene rings is 1. The van der Waals surface area contributed by atoms with Gasteiger partial charge in [0, 0.05) is 18.9 Å². The van der Waals surface area contributed by atoms with Gasteiger partial charge in [-0.3, -0.25) is 0 Å². The Labute approximate surface area is 97.6 Å². The predicted octanol–water partition coefficient (Wildman–Crippen LogP) is 3.18. The average molecular weight is 245 g/mol. The van der Waals surface area contributed by atoms with Crippen LogP contribution in [-0.4, -0.2) is 13.2 Å². The Morgan fingerprint density at radius 2 is 1.76 bits per heavy atom. The van der Waals surface area contributed by atoms with Crippen LogP contribution >= 0.6 is 0 Å². The van der Waals surface area contributed by atoms with Crippen molar-refractivity contribution in [2.24, 2.45) is 0 Å². The number of rotatable bonds is 1.